The molecule has 0 fully saturated rings. The maximum absolute atomic E-state index is 11.5. The Morgan fingerprint density at radius 3 is 2.89 bits per heavy atom. The zero-order valence-electron chi connectivity index (χ0n) is 10.7. The van der Waals surface area contributed by atoms with Crippen molar-refractivity contribution in [1.29, 1.82) is 0 Å². The van der Waals surface area contributed by atoms with Crippen LogP contribution in [0.5, 0.6) is 0 Å². The molecule has 0 saturated carbocycles. The summed E-state index contributed by atoms with van der Waals surface area (Å²) < 4.78 is 9.86. The Kier molecular flexibility index (Phi) is 3.44. The number of fused-ring (bicyclic) bond motifs is 1. The molecule has 0 bridgehead atoms. The van der Waals surface area contributed by atoms with E-state index in [2.05, 4.69) is 4.98 Å². The lowest BCUT2D eigenvalue weighted by Gasteiger charge is -2.24. The highest BCUT2D eigenvalue weighted by Crippen LogP contribution is 2.30. The summed E-state index contributed by atoms with van der Waals surface area (Å²) >= 11 is 0. The van der Waals surface area contributed by atoms with Gasteiger partial charge >= 0.3 is 11.7 Å². The third-order valence-electron chi connectivity index (χ3n) is 3.33. The Morgan fingerprint density at radius 2 is 2.26 bits per heavy atom. The van der Waals surface area contributed by atoms with Crippen LogP contribution in [0.25, 0.3) is 11.1 Å². The summed E-state index contributed by atoms with van der Waals surface area (Å²) in [5.74, 6) is -1.49. The summed E-state index contributed by atoms with van der Waals surface area (Å²) in [4.78, 5) is 25.1. The van der Waals surface area contributed by atoms with Gasteiger partial charge in [0.1, 0.15) is 0 Å². The number of methoxy groups -OCH3 is 1. The number of carboxylic acids is 1. The molecule has 0 radical (unpaired) electrons. The Hall–Kier alpha value is -2.08. The van der Waals surface area contributed by atoms with Crippen molar-refractivity contribution >= 4 is 17.1 Å². The summed E-state index contributed by atoms with van der Waals surface area (Å²) in [5.41, 5.74) is 0.431. The number of carbonyl (C=O) groups is 1. The molecule has 19 heavy (non-hydrogen) atoms. The molecule has 1 aromatic carbocycles. The van der Waals surface area contributed by atoms with Gasteiger partial charge in [0.25, 0.3) is 0 Å². The number of hydrogen-bond acceptors (Lipinski definition) is 4. The Balaban J connectivity index is 2.49. The number of oxazole rings is 1. The number of H-pyrrole nitrogens is 1. The second-order valence-corrected chi connectivity index (χ2v) is 4.61. The molecule has 0 aliphatic heterocycles. The summed E-state index contributed by atoms with van der Waals surface area (Å²) in [7, 11) is 1.53. The maximum atomic E-state index is 11.5. The van der Waals surface area contributed by atoms with Crippen LogP contribution >= 0.6 is 0 Å². The van der Waals surface area contributed by atoms with Crippen molar-refractivity contribution < 1.29 is 19.1 Å². The fraction of sp³-hybridized carbons (Fsp3) is 0.385. The van der Waals surface area contributed by atoms with Gasteiger partial charge < -0.3 is 14.3 Å². The lowest BCUT2D eigenvalue weighted by atomic mass is 9.79. The monoisotopic (exact) mass is 265 g/mol. The van der Waals surface area contributed by atoms with E-state index in [9.17, 15) is 14.7 Å². The van der Waals surface area contributed by atoms with E-state index < -0.39 is 17.1 Å². The lowest BCUT2D eigenvalue weighted by molar-refractivity contribution is -0.143. The molecule has 2 aromatic rings. The molecule has 0 aliphatic carbocycles. The predicted octanol–water partition coefficient (Wildman–Crippen LogP) is 1.50. The first-order chi connectivity index (χ1) is 8.97. The molecular formula is C13H15NO5. The van der Waals surface area contributed by atoms with E-state index in [0.29, 0.717) is 29.7 Å². The number of nitrogens with one attached hydrogen (secondary N) is 1. The van der Waals surface area contributed by atoms with Gasteiger partial charge in [0.05, 0.1) is 10.9 Å². The van der Waals surface area contributed by atoms with E-state index in [1.165, 1.54) is 7.11 Å². The molecular weight excluding hydrogens is 250 g/mol. The van der Waals surface area contributed by atoms with Gasteiger partial charge in [-0.15, -0.1) is 0 Å². The number of aromatic nitrogens is 1. The molecule has 1 atom stereocenters. The van der Waals surface area contributed by atoms with Gasteiger partial charge in [-0.1, -0.05) is 6.07 Å². The van der Waals surface area contributed by atoms with Crippen molar-refractivity contribution in [3.05, 3.63) is 34.3 Å². The van der Waals surface area contributed by atoms with Gasteiger partial charge in [-0.3, -0.25) is 9.78 Å². The van der Waals surface area contributed by atoms with Crippen LogP contribution < -0.4 is 5.76 Å². The van der Waals surface area contributed by atoms with Crippen LogP contribution in [0.3, 0.4) is 0 Å². The van der Waals surface area contributed by atoms with Gasteiger partial charge in [0.15, 0.2) is 5.58 Å². The van der Waals surface area contributed by atoms with E-state index in [-0.39, 0.29) is 0 Å². The minimum atomic E-state index is -1.07. The zero-order chi connectivity index (χ0) is 14.0. The highest BCUT2D eigenvalue weighted by atomic mass is 16.5. The molecule has 2 N–H and O–H groups in total. The number of hydrogen-bond donors (Lipinski definition) is 2. The normalized spacial score (nSPS) is 14.4. The number of aliphatic carboxylic acids is 1. The molecule has 1 unspecified atom stereocenters. The smallest absolute Gasteiger partial charge is 0.417 e. The average molecular weight is 265 g/mol. The van der Waals surface area contributed by atoms with Crippen molar-refractivity contribution in [2.75, 3.05) is 13.7 Å². The van der Waals surface area contributed by atoms with Gasteiger partial charge in [0, 0.05) is 13.7 Å². The molecule has 102 valence electrons. The third-order valence-corrected chi connectivity index (χ3v) is 3.33. The lowest BCUT2D eigenvalue weighted by Crippen LogP contribution is -2.33. The first-order valence-corrected chi connectivity index (χ1v) is 5.83. The first kappa shape index (κ1) is 13.4. The molecule has 2 rings (SSSR count). The van der Waals surface area contributed by atoms with Crippen LogP contribution in [0.1, 0.15) is 18.9 Å². The summed E-state index contributed by atoms with van der Waals surface area (Å²) in [6.45, 7) is 1.97. The van der Waals surface area contributed by atoms with Crippen molar-refractivity contribution in [2.24, 2.45) is 0 Å². The van der Waals surface area contributed by atoms with Gasteiger partial charge in [-0.05, 0) is 31.0 Å². The molecule has 1 heterocycles. The van der Waals surface area contributed by atoms with Crippen LogP contribution in [0.4, 0.5) is 0 Å². The van der Waals surface area contributed by atoms with Crippen LogP contribution in [0.2, 0.25) is 0 Å². The van der Waals surface area contributed by atoms with Gasteiger partial charge in [0.2, 0.25) is 0 Å². The predicted molar refractivity (Wildman–Crippen MR) is 68.3 cm³/mol. The first-order valence-electron chi connectivity index (χ1n) is 5.83. The minimum Gasteiger partial charge on any atom is -0.481 e. The minimum absolute atomic E-state index is 0.336. The van der Waals surface area contributed by atoms with E-state index in [4.69, 9.17) is 9.15 Å². The van der Waals surface area contributed by atoms with Crippen LogP contribution in [-0.4, -0.2) is 29.8 Å². The molecule has 1 aromatic heterocycles. The quantitative estimate of drug-likeness (QED) is 0.854. The Morgan fingerprint density at radius 1 is 1.53 bits per heavy atom. The Bertz CT molecular complexity index is 656. The highest BCUT2D eigenvalue weighted by Gasteiger charge is 2.35. The van der Waals surface area contributed by atoms with Gasteiger partial charge in [-0.25, -0.2) is 4.79 Å². The third kappa shape index (κ3) is 2.39. The van der Waals surface area contributed by atoms with Crippen molar-refractivity contribution in [3.8, 4) is 0 Å². The number of carboxylic acid groups (broad SMARTS) is 1. The fourth-order valence-electron chi connectivity index (χ4n) is 1.98. The van der Waals surface area contributed by atoms with Crippen LogP contribution in [-0.2, 0) is 14.9 Å². The summed E-state index contributed by atoms with van der Waals surface area (Å²) in [6.07, 6.45) is 0.340. The molecule has 6 nitrogen and oxygen atoms in total. The molecule has 0 spiro atoms. The largest absolute Gasteiger partial charge is 0.481 e. The zero-order valence-corrected chi connectivity index (χ0v) is 10.7. The SMILES string of the molecule is COCCC(C)(C(=O)O)c1ccc2oc(=O)[nH]c2c1. The molecule has 0 aliphatic rings. The summed E-state index contributed by atoms with van der Waals surface area (Å²) in [5, 5.41) is 9.44. The number of benzene rings is 1. The number of rotatable bonds is 5. The molecule has 6 heteroatoms. The number of aromatic amines is 1. The topological polar surface area (TPSA) is 92.5 Å². The van der Waals surface area contributed by atoms with E-state index in [1.807, 2.05) is 0 Å². The molecule has 0 amide bonds. The van der Waals surface area contributed by atoms with Crippen molar-refractivity contribution in [2.45, 2.75) is 18.8 Å². The Labute approximate surface area is 109 Å². The van der Waals surface area contributed by atoms with Crippen LogP contribution in [0, 0.1) is 0 Å². The highest BCUT2D eigenvalue weighted by molar-refractivity contribution is 5.83. The number of ether oxygens (including phenoxy) is 1. The van der Waals surface area contributed by atoms with Crippen molar-refractivity contribution in [1.82, 2.24) is 4.98 Å². The second kappa shape index (κ2) is 4.89. The maximum Gasteiger partial charge on any atom is 0.417 e. The van der Waals surface area contributed by atoms with E-state index in [1.54, 1.807) is 25.1 Å². The molecule has 0 saturated heterocycles. The van der Waals surface area contributed by atoms with E-state index >= 15 is 0 Å². The average Bonchev–Trinajstić information content (AvgIpc) is 2.74. The fourth-order valence-corrected chi connectivity index (χ4v) is 1.98. The van der Waals surface area contributed by atoms with E-state index in [0.717, 1.165) is 0 Å². The second-order valence-electron chi connectivity index (χ2n) is 4.61. The van der Waals surface area contributed by atoms with Crippen molar-refractivity contribution in [3.63, 3.8) is 0 Å². The summed E-state index contributed by atoms with van der Waals surface area (Å²) in [6, 6.07) is 4.88. The van der Waals surface area contributed by atoms with Crippen LogP contribution in [0.15, 0.2) is 27.4 Å². The standard InChI is InChI=1S/C13H15NO5/c1-13(11(15)16,5-6-18-2)8-3-4-10-9(7-8)14-12(17)19-10/h3-4,7H,5-6H2,1-2H3,(H,14,17)(H,15,16). The van der Waals surface area contributed by atoms with Gasteiger partial charge in [-0.2, -0.15) is 0 Å².